The number of benzene rings is 3. The molecule has 1 heterocycles. The molecule has 12 heteroatoms. The summed E-state index contributed by atoms with van der Waals surface area (Å²) in [7, 11) is 0. The van der Waals surface area contributed by atoms with E-state index in [0.717, 1.165) is 4.47 Å². The summed E-state index contributed by atoms with van der Waals surface area (Å²) in [6.07, 6.45) is 1.76. The highest BCUT2D eigenvalue weighted by Crippen LogP contribution is 2.36. The van der Waals surface area contributed by atoms with Gasteiger partial charge in [0.05, 0.1) is 37.1 Å². The van der Waals surface area contributed by atoms with Crippen molar-refractivity contribution in [3.63, 3.8) is 0 Å². The minimum atomic E-state index is -0.605. The predicted molar refractivity (Wildman–Crippen MR) is 145 cm³/mol. The highest BCUT2D eigenvalue weighted by molar-refractivity contribution is 9.10. The quantitative estimate of drug-likeness (QED) is 0.127. The second-order valence-corrected chi connectivity index (χ2v) is 9.69. The first kappa shape index (κ1) is 26.1. The molecular weight excluding hydrogens is 595 g/mol. The van der Waals surface area contributed by atoms with Gasteiger partial charge in [-0.3, -0.25) is 14.9 Å². The number of rotatable bonds is 7. The maximum absolute atomic E-state index is 13.1. The van der Waals surface area contributed by atoms with E-state index >= 15 is 0 Å². The minimum absolute atomic E-state index is 0.00865. The van der Waals surface area contributed by atoms with Crippen molar-refractivity contribution in [1.29, 1.82) is 0 Å². The van der Waals surface area contributed by atoms with E-state index in [4.69, 9.17) is 39.5 Å². The number of nitrogens with zero attached hydrogens (tertiary/aromatic N) is 4. The van der Waals surface area contributed by atoms with Crippen molar-refractivity contribution in [2.24, 2.45) is 5.10 Å². The Kier molecular flexibility index (Phi) is 7.94. The zero-order valence-electron chi connectivity index (χ0n) is 18.5. The van der Waals surface area contributed by atoms with Gasteiger partial charge in [-0.05, 0) is 42.0 Å². The summed E-state index contributed by atoms with van der Waals surface area (Å²) in [6, 6.07) is 12.8. The molecule has 0 unspecified atom stereocenters. The molecule has 0 atom stereocenters. The van der Waals surface area contributed by atoms with Gasteiger partial charge in [0.15, 0.2) is 0 Å². The molecule has 0 N–H and O–H groups in total. The molecule has 184 valence electrons. The Labute approximate surface area is 228 Å². The second-order valence-electron chi connectivity index (χ2n) is 7.55. The summed E-state index contributed by atoms with van der Waals surface area (Å²) < 4.78 is 7.55. The molecule has 0 bridgehead atoms. The lowest BCUT2D eigenvalue weighted by molar-refractivity contribution is -0.385. The predicted octanol–water partition coefficient (Wildman–Crippen LogP) is 7.05. The molecule has 4 rings (SSSR count). The molecule has 36 heavy (non-hydrogen) atoms. The first-order chi connectivity index (χ1) is 17.2. The van der Waals surface area contributed by atoms with Gasteiger partial charge in [0.25, 0.3) is 5.56 Å². The van der Waals surface area contributed by atoms with E-state index in [1.165, 1.54) is 23.0 Å². The Morgan fingerprint density at radius 3 is 2.58 bits per heavy atom. The van der Waals surface area contributed by atoms with E-state index in [-0.39, 0.29) is 28.6 Å². The summed E-state index contributed by atoms with van der Waals surface area (Å²) >= 11 is 21.6. The summed E-state index contributed by atoms with van der Waals surface area (Å²) in [4.78, 5) is 28.7. The van der Waals surface area contributed by atoms with E-state index < -0.39 is 4.92 Å². The van der Waals surface area contributed by atoms with E-state index in [9.17, 15) is 14.9 Å². The van der Waals surface area contributed by atoms with Gasteiger partial charge in [-0.15, -0.1) is 0 Å². The third-order valence-corrected chi connectivity index (χ3v) is 6.64. The Morgan fingerprint density at radius 2 is 1.89 bits per heavy atom. The Hall–Kier alpha value is -2.98. The maximum Gasteiger partial charge on any atom is 0.313 e. The molecule has 0 saturated heterocycles. The van der Waals surface area contributed by atoms with Gasteiger partial charge in [0.2, 0.25) is 5.75 Å². The molecule has 0 aliphatic rings. The zero-order valence-corrected chi connectivity index (χ0v) is 22.4. The van der Waals surface area contributed by atoms with Crippen LogP contribution in [-0.2, 0) is 13.0 Å². The van der Waals surface area contributed by atoms with Crippen molar-refractivity contribution < 1.29 is 9.66 Å². The lowest BCUT2D eigenvalue weighted by Crippen LogP contribution is -2.22. The monoisotopic (exact) mass is 608 g/mol. The molecule has 0 aliphatic heterocycles. The molecule has 0 amide bonds. The Bertz CT molecular complexity index is 1590. The summed E-state index contributed by atoms with van der Waals surface area (Å²) in [6.45, 7) is 1.83. The number of hydrogen-bond donors (Lipinski definition) is 0. The van der Waals surface area contributed by atoms with Gasteiger partial charge in [-0.1, -0.05) is 63.7 Å². The number of ether oxygens (including phenoxy) is 1. The third-order valence-electron chi connectivity index (χ3n) is 5.12. The third kappa shape index (κ3) is 5.54. The van der Waals surface area contributed by atoms with Crippen molar-refractivity contribution in [2.45, 2.75) is 20.0 Å². The number of nitro benzene ring substituents is 1. The largest absolute Gasteiger partial charge is 0.481 e. The minimum Gasteiger partial charge on any atom is -0.481 e. The highest BCUT2D eigenvalue weighted by Gasteiger charge is 2.21. The molecule has 0 saturated carbocycles. The number of hydrogen-bond acceptors (Lipinski definition) is 6. The fourth-order valence-electron chi connectivity index (χ4n) is 3.40. The maximum atomic E-state index is 13.1. The van der Waals surface area contributed by atoms with E-state index in [1.807, 2.05) is 6.92 Å². The van der Waals surface area contributed by atoms with Crippen LogP contribution in [0.5, 0.6) is 5.75 Å². The van der Waals surface area contributed by atoms with Crippen LogP contribution in [0.3, 0.4) is 0 Å². The smallest absolute Gasteiger partial charge is 0.313 e. The molecule has 4 aromatic rings. The lowest BCUT2D eigenvalue weighted by atomic mass is 10.2. The van der Waals surface area contributed by atoms with E-state index in [0.29, 0.717) is 44.3 Å². The van der Waals surface area contributed by atoms with Gasteiger partial charge in [0.1, 0.15) is 12.4 Å². The summed E-state index contributed by atoms with van der Waals surface area (Å²) in [5, 5.41) is 17.1. The van der Waals surface area contributed by atoms with Crippen molar-refractivity contribution in [3.8, 4) is 5.75 Å². The number of halogens is 4. The summed E-state index contributed by atoms with van der Waals surface area (Å²) in [5.41, 5.74) is 0.789. The highest BCUT2D eigenvalue weighted by atomic mass is 79.9. The zero-order chi connectivity index (χ0) is 26.0. The molecule has 0 aliphatic carbocycles. The Balaban J connectivity index is 1.69. The van der Waals surface area contributed by atoms with Gasteiger partial charge in [-0.25, -0.2) is 4.98 Å². The van der Waals surface area contributed by atoms with Crippen molar-refractivity contribution in [2.75, 3.05) is 0 Å². The van der Waals surface area contributed by atoms with Crippen LogP contribution >= 0.6 is 50.7 Å². The van der Waals surface area contributed by atoms with Crippen LogP contribution in [0.2, 0.25) is 15.1 Å². The van der Waals surface area contributed by atoms with Crippen LogP contribution in [-0.4, -0.2) is 20.8 Å². The average molecular weight is 611 g/mol. The normalized spacial score (nSPS) is 11.4. The fraction of sp³-hybridized carbons (Fsp3) is 0.125. The molecule has 1 aromatic heterocycles. The fourth-order valence-corrected chi connectivity index (χ4v) is 4.36. The van der Waals surface area contributed by atoms with Gasteiger partial charge in [-0.2, -0.15) is 9.78 Å². The van der Waals surface area contributed by atoms with E-state index in [1.54, 1.807) is 36.4 Å². The first-order valence-electron chi connectivity index (χ1n) is 10.5. The van der Waals surface area contributed by atoms with Crippen molar-refractivity contribution in [1.82, 2.24) is 9.66 Å². The van der Waals surface area contributed by atoms with Crippen LogP contribution in [0.25, 0.3) is 10.9 Å². The molecule has 3 aromatic carbocycles. The standard InChI is InChI=1S/C24H16BrCl3N4O4/c1-2-22-30-20-6-4-15(25)10-16(20)24(33)31(22)29-11-14-8-19(28)23(21(9-14)32(34)35)36-12-13-3-5-17(26)18(27)7-13/h3-11H,2,12H2,1H3. The SMILES string of the molecule is CCc1nc2ccc(Br)cc2c(=O)n1N=Cc1cc(Cl)c(OCc2ccc(Cl)c(Cl)c2)c([N+](=O)[O-])c1. The molecule has 0 fully saturated rings. The van der Waals surface area contributed by atoms with Gasteiger partial charge < -0.3 is 4.74 Å². The number of aromatic nitrogens is 2. The molecular formula is C24H16BrCl3N4O4. The van der Waals surface area contributed by atoms with Crippen LogP contribution in [0.15, 0.2) is 62.9 Å². The molecule has 0 radical (unpaired) electrons. The topological polar surface area (TPSA) is 99.6 Å². The summed E-state index contributed by atoms with van der Waals surface area (Å²) in [5.74, 6) is 0.335. The van der Waals surface area contributed by atoms with Crippen LogP contribution in [0.1, 0.15) is 23.9 Å². The number of aryl methyl sites for hydroxylation is 1. The first-order valence-corrected chi connectivity index (χ1v) is 12.4. The van der Waals surface area contributed by atoms with E-state index in [2.05, 4.69) is 26.0 Å². The average Bonchev–Trinajstić information content (AvgIpc) is 2.84. The lowest BCUT2D eigenvalue weighted by Gasteiger charge is -2.10. The number of nitro groups is 1. The van der Waals surface area contributed by atoms with Gasteiger partial charge >= 0.3 is 5.69 Å². The van der Waals surface area contributed by atoms with Crippen molar-refractivity contribution >= 4 is 73.5 Å². The van der Waals surface area contributed by atoms with Crippen LogP contribution < -0.4 is 10.3 Å². The molecule has 8 nitrogen and oxygen atoms in total. The van der Waals surface area contributed by atoms with Crippen LogP contribution in [0.4, 0.5) is 5.69 Å². The van der Waals surface area contributed by atoms with Crippen LogP contribution in [0, 0.1) is 10.1 Å². The number of fused-ring (bicyclic) bond motifs is 1. The Morgan fingerprint density at radius 1 is 1.11 bits per heavy atom. The van der Waals surface area contributed by atoms with Crippen molar-refractivity contribution in [3.05, 3.63) is 105 Å². The van der Waals surface area contributed by atoms with Gasteiger partial charge in [0, 0.05) is 22.5 Å². The second kappa shape index (κ2) is 11.0. The molecule has 0 spiro atoms.